The van der Waals surface area contributed by atoms with Gasteiger partial charge in [-0.2, -0.15) is 0 Å². The van der Waals surface area contributed by atoms with E-state index in [0.717, 1.165) is 10.4 Å². The number of esters is 1. The van der Waals surface area contributed by atoms with Crippen LogP contribution in [0.1, 0.15) is 45.0 Å². The Labute approximate surface area is 168 Å². The lowest BCUT2D eigenvalue weighted by Gasteiger charge is -2.14. The van der Waals surface area contributed by atoms with Gasteiger partial charge in [0.1, 0.15) is 5.00 Å². The molecule has 0 aliphatic rings. The number of methoxy groups -OCH3 is 3. The van der Waals surface area contributed by atoms with Crippen LogP contribution in [0.3, 0.4) is 0 Å². The van der Waals surface area contributed by atoms with Gasteiger partial charge in [0.2, 0.25) is 5.75 Å². The molecule has 1 N–H and O–H groups in total. The first-order valence-electron chi connectivity index (χ1n) is 8.82. The molecule has 7 nitrogen and oxygen atoms in total. The Morgan fingerprint density at radius 1 is 1.04 bits per heavy atom. The summed E-state index contributed by atoms with van der Waals surface area (Å²) in [6, 6.07) is 3.11. The number of carbonyl (C=O) groups excluding carboxylic acids is 2. The highest BCUT2D eigenvalue weighted by atomic mass is 32.1. The van der Waals surface area contributed by atoms with E-state index in [1.165, 1.54) is 32.7 Å². The molecular formula is C20H25NO6S. The van der Waals surface area contributed by atoms with Gasteiger partial charge in [-0.25, -0.2) is 4.79 Å². The maximum atomic E-state index is 12.9. The molecule has 8 heteroatoms. The fourth-order valence-corrected chi connectivity index (χ4v) is 4.03. The zero-order chi connectivity index (χ0) is 20.8. The fraction of sp³-hybridized carbons (Fsp3) is 0.400. The van der Waals surface area contributed by atoms with Gasteiger partial charge in [-0.05, 0) is 38.0 Å². The molecule has 0 aliphatic carbocycles. The van der Waals surface area contributed by atoms with Crippen molar-refractivity contribution in [3.8, 4) is 17.2 Å². The first-order chi connectivity index (χ1) is 13.4. The van der Waals surface area contributed by atoms with Crippen molar-refractivity contribution in [2.24, 2.45) is 0 Å². The maximum absolute atomic E-state index is 12.9. The molecule has 0 atom stereocenters. The highest BCUT2D eigenvalue weighted by Crippen LogP contribution is 2.39. The van der Waals surface area contributed by atoms with E-state index in [0.29, 0.717) is 39.8 Å². The van der Waals surface area contributed by atoms with Crippen molar-refractivity contribution in [1.29, 1.82) is 0 Å². The van der Waals surface area contributed by atoms with E-state index in [1.807, 2.05) is 13.8 Å². The molecule has 0 saturated heterocycles. The van der Waals surface area contributed by atoms with Crippen LogP contribution in [0.5, 0.6) is 17.2 Å². The van der Waals surface area contributed by atoms with Gasteiger partial charge in [-0.1, -0.05) is 6.92 Å². The Balaban J connectivity index is 2.44. The number of ether oxygens (including phenoxy) is 4. The number of rotatable bonds is 8. The summed E-state index contributed by atoms with van der Waals surface area (Å²) < 4.78 is 21.1. The van der Waals surface area contributed by atoms with Gasteiger partial charge in [0.25, 0.3) is 5.91 Å². The topological polar surface area (TPSA) is 83.1 Å². The van der Waals surface area contributed by atoms with E-state index in [9.17, 15) is 9.59 Å². The SMILES string of the molecule is CCOC(=O)c1c(NC(=O)c2cc(OC)c(OC)c(OC)c2)sc(C)c1CC. The summed E-state index contributed by atoms with van der Waals surface area (Å²) in [5.74, 6) is 0.301. The highest BCUT2D eigenvalue weighted by molar-refractivity contribution is 7.16. The lowest BCUT2D eigenvalue weighted by molar-refractivity contribution is 0.0527. The second kappa shape index (κ2) is 9.45. The van der Waals surface area contributed by atoms with Crippen LogP contribution < -0.4 is 19.5 Å². The molecule has 1 heterocycles. The molecule has 1 aromatic carbocycles. The molecule has 0 unspecified atom stereocenters. The number of carbonyl (C=O) groups is 2. The largest absolute Gasteiger partial charge is 0.493 e. The van der Waals surface area contributed by atoms with Crippen LogP contribution in [0.4, 0.5) is 5.00 Å². The number of hydrogen-bond acceptors (Lipinski definition) is 7. The van der Waals surface area contributed by atoms with Gasteiger partial charge in [0.05, 0.1) is 33.5 Å². The molecule has 0 spiro atoms. The number of anilines is 1. The van der Waals surface area contributed by atoms with Crippen LogP contribution in [0.25, 0.3) is 0 Å². The summed E-state index contributed by atoms with van der Waals surface area (Å²) in [7, 11) is 4.45. The van der Waals surface area contributed by atoms with Crippen molar-refractivity contribution >= 4 is 28.2 Å². The van der Waals surface area contributed by atoms with Crippen LogP contribution >= 0.6 is 11.3 Å². The van der Waals surface area contributed by atoms with Crippen LogP contribution in [0.15, 0.2) is 12.1 Å². The van der Waals surface area contributed by atoms with E-state index in [4.69, 9.17) is 18.9 Å². The van der Waals surface area contributed by atoms with Crippen LogP contribution in [-0.2, 0) is 11.2 Å². The molecule has 0 fully saturated rings. The molecule has 0 bridgehead atoms. The summed E-state index contributed by atoms with van der Waals surface area (Å²) in [6.07, 6.45) is 0.663. The van der Waals surface area contributed by atoms with E-state index >= 15 is 0 Å². The molecule has 2 rings (SSSR count). The summed E-state index contributed by atoms with van der Waals surface area (Å²) in [4.78, 5) is 26.3. The Kier molecular flexibility index (Phi) is 7.28. The lowest BCUT2D eigenvalue weighted by Crippen LogP contribution is -2.15. The van der Waals surface area contributed by atoms with Gasteiger partial charge in [0, 0.05) is 10.4 Å². The van der Waals surface area contributed by atoms with Gasteiger partial charge in [0.15, 0.2) is 11.5 Å². The molecule has 152 valence electrons. The monoisotopic (exact) mass is 407 g/mol. The molecule has 0 aliphatic heterocycles. The van der Waals surface area contributed by atoms with E-state index in [-0.39, 0.29) is 6.61 Å². The minimum absolute atomic E-state index is 0.261. The summed E-state index contributed by atoms with van der Waals surface area (Å²) >= 11 is 1.35. The molecule has 1 aromatic heterocycles. The number of thiophene rings is 1. The van der Waals surface area contributed by atoms with E-state index in [1.54, 1.807) is 19.1 Å². The second-order valence-electron chi connectivity index (χ2n) is 5.78. The normalized spacial score (nSPS) is 10.4. The molecular weight excluding hydrogens is 382 g/mol. The number of nitrogens with one attached hydrogen (secondary N) is 1. The quantitative estimate of drug-likeness (QED) is 0.664. The fourth-order valence-electron chi connectivity index (χ4n) is 2.90. The maximum Gasteiger partial charge on any atom is 0.341 e. The standard InChI is InChI=1S/C20H25NO6S/c1-7-13-11(3)28-19(16(13)20(23)27-8-2)21-18(22)12-9-14(24-4)17(26-6)15(10-12)25-5/h9-10H,7-8H2,1-6H3,(H,21,22). The van der Waals surface area contributed by atoms with Gasteiger partial charge in [-0.3, -0.25) is 4.79 Å². The van der Waals surface area contributed by atoms with Crippen molar-refractivity contribution in [3.05, 3.63) is 33.7 Å². The summed E-state index contributed by atoms with van der Waals surface area (Å²) in [6.45, 7) is 5.89. The summed E-state index contributed by atoms with van der Waals surface area (Å²) in [5, 5.41) is 3.29. The van der Waals surface area contributed by atoms with Crippen molar-refractivity contribution < 1.29 is 28.5 Å². The average molecular weight is 407 g/mol. The Bertz CT molecular complexity index is 849. The van der Waals surface area contributed by atoms with E-state index in [2.05, 4.69) is 5.32 Å². The minimum Gasteiger partial charge on any atom is -0.493 e. The molecule has 0 radical (unpaired) electrons. The predicted molar refractivity (Wildman–Crippen MR) is 108 cm³/mol. The lowest BCUT2D eigenvalue weighted by atomic mass is 10.1. The number of hydrogen-bond donors (Lipinski definition) is 1. The second-order valence-corrected chi connectivity index (χ2v) is 7.01. The average Bonchev–Trinajstić information content (AvgIpc) is 3.01. The van der Waals surface area contributed by atoms with Crippen molar-refractivity contribution in [2.45, 2.75) is 27.2 Å². The van der Waals surface area contributed by atoms with Crippen molar-refractivity contribution in [2.75, 3.05) is 33.3 Å². The Hall–Kier alpha value is -2.74. The zero-order valence-corrected chi connectivity index (χ0v) is 17.7. The third-order valence-corrected chi connectivity index (χ3v) is 5.26. The summed E-state index contributed by atoms with van der Waals surface area (Å²) in [5.41, 5.74) is 1.60. The van der Waals surface area contributed by atoms with Crippen molar-refractivity contribution in [3.63, 3.8) is 0 Å². The van der Waals surface area contributed by atoms with E-state index < -0.39 is 11.9 Å². The van der Waals surface area contributed by atoms with Crippen LogP contribution in [0.2, 0.25) is 0 Å². The van der Waals surface area contributed by atoms with Crippen molar-refractivity contribution in [1.82, 2.24) is 0 Å². The minimum atomic E-state index is -0.441. The highest BCUT2D eigenvalue weighted by Gasteiger charge is 2.24. The smallest absolute Gasteiger partial charge is 0.341 e. The third kappa shape index (κ3) is 4.22. The molecule has 28 heavy (non-hydrogen) atoms. The van der Waals surface area contributed by atoms with Gasteiger partial charge in [-0.15, -0.1) is 11.3 Å². The zero-order valence-electron chi connectivity index (χ0n) is 16.9. The molecule has 1 amide bonds. The van der Waals surface area contributed by atoms with Gasteiger partial charge < -0.3 is 24.3 Å². The predicted octanol–water partition coefficient (Wildman–Crippen LogP) is 4.07. The molecule has 0 saturated carbocycles. The number of benzene rings is 1. The number of amides is 1. The first-order valence-corrected chi connectivity index (χ1v) is 9.64. The van der Waals surface area contributed by atoms with Crippen LogP contribution in [0, 0.1) is 6.92 Å². The first kappa shape index (κ1) is 21.6. The number of aryl methyl sites for hydroxylation is 1. The molecule has 2 aromatic rings. The Morgan fingerprint density at radius 2 is 1.64 bits per heavy atom. The van der Waals surface area contributed by atoms with Crippen LogP contribution in [-0.4, -0.2) is 39.8 Å². The Morgan fingerprint density at radius 3 is 2.11 bits per heavy atom. The van der Waals surface area contributed by atoms with Gasteiger partial charge >= 0.3 is 5.97 Å². The third-order valence-electron chi connectivity index (χ3n) is 4.20.